The van der Waals surface area contributed by atoms with Gasteiger partial charge in [-0.3, -0.25) is 19.7 Å². The number of rotatable bonds is 3. The van der Waals surface area contributed by atoms with E-state index >= 15 is 0 Å². The second-order valence-electron chi connectivity index (χ2n) is 4.92. The van der Waals surface area contributed by atoms with Gasteiger partial charge in [0.1, 0.15) is 0 Å². The maximum absolute atomic E-state index is 11.3. The molecule has 8 nitrogen and oxygen atoms in total. The van der Waals surface area contributed by atoms with Gasteiger partial charge in [0, 0.05) is 0 Å². The van der Waals surface area contributed by atoms with E-state index in [1.165, 1.54) is 0 Å². The van der Waals surface area contributed by atoms with Crippen molar-refractivity contribution in [3.05, 3.63) is 0 Å². The van der Waals surface area contributed by atoms with Crippen LogP contribution in [0, 0.1) is 5.41 Å². The number of amides is 2. The molecule has 1 heterocycles. The molecule has 1 saturated heterocycles. The maximum Gasteiger partial charge on any atom is 0.511 e. The SMILES string of the molecule is CC(C)(C)C(=O)OCOC(=O)OC1CC(=O)NC1=O. The summed E-state index contributed by atoms with van der Waals surface area (Å²) in [6.45, 7) is 4.31. The summed E-state index contributed by atoms with van der Waals surface area (Å²) in [6.07, 6.45) is -2.62. The lowest BCUT2D eigenvalue weighted by molar-refractivity contribution is -0.163. The highest BCUT2D eigenvalue weighted by molar-refractivity contribution is 6.05. The van der Waals surface area contributed by atoms with Crippen molar-refractivity contribution in [3.63, 3.8) is 0 Å². The Kier molecular flexibility index (Phi) is 4.47. The number of ether oxygens (including phenoxy) is 3. The Hall–Kier alpha value is -2.12. The molecule has 0 bridgehead atoms. The molecular formula is C11H15NO7. The lowest BCUT2D eigenvalue weighted by Gasteiger charge is -2.16. The van der Waals surface area contributed by atoms with Crippen LogP contribution in [0.4, 0.5) is 4.79 Å². The van der Waals surface area contributed by atoms with Crippen molar-refractivity contribution in [1.29, 1.82) is 0 Å². The molecule has 0 saturated carbocycles. The zero-order chi connectivity index (χ0) is 14.6. The third-order valence-electron chi connectivity index (χ3n) is 2.14. The second-order valence-corrected chi connectivity index (χ2v) is 4.92. The van der Waals surface area contributed by atoms with Crippen molar-refractivity contribution in [2.24, 2.45) is 5.41 Å². The highest BCUT2D eigenvalue weighted by Gasteiger charge is 2.34. The highest BCUT2D eigenvalue weighted by Crippen LogP contribution is 2.15. The molecule has 19 heavy (non-hydrogen) atoms. The van der Waals surface area contributed by atoms with Gasteiger partial charge >= 0.3 is 12.1 Å². The van der Waals surface area contributed by atoms with E-state index in [2.05, 4.69) is 14.2 Å². The summed E-state index contributed by atoms with van der Waals surface area (Å²) in [5.41, 5.74) is -0.717. The predicted molar refractivity (Wildman–Crippen MR) is 59.5 cm³/mol. The lowest BCUT2D eigenvalue weighted by Crippen LogP contribution is -2.29. The number of nitrogens with one attached hydrogen (secondary N) is 1. The molecule has 1 aliphatic heterocycles. The van der Waals surface area contributed by atoms with Gasteiger partial charge in [-0.2, -0.15) is 0 Å². The monoisotopic (exact) mass is 273 g/mol. The van der Waals surface area contributed by atoms with Gasteiger partial charge in [0.25, 0.3) is 5.91 Å². The van der Waals surface area contributed by atoms with E-state index in [1.807, 2.05) is 5.32 Å². The first-order chi connectivity index (χ1) is 8.70. The van der Waals surface area contributed by atoms with Crippen molar-refractivity contribution in [2.75, 3.05) is 6.79 Å². The molecule has 0 aromatic heterocycles. The van der Waals surface area contributed by atoms with Crippen LogP contribution in [0.1, 0.15) is 27.2 Å². The standard InChI is InChI=1S/C11H15NO7/c1-11(2,3)9(15)17-5-18-10(16)19-6-4-7(13)12-8(6)14/h6H,4-5H2,1-3H3,(H,12,13,14). The summed E-state index contributed by atoms with van der Waals surface area (Å²) in [6, 6.07) is 0. The Morgan fingerprint density at radius 2 is 1.89 bits per heavy atom. The molecule has 8 heteroatoms. The van der Waals surface area contributed by atoms with Gasteiger partial charge in [-0.05, 0) is 20.8 Å². The van der Waals surface area contributed by atoms with Gasteiger partial charge in [0.05, 0.1) is 11.8 Å². The van der Waals surface area contributed by atoms with Crippen molar-refractivity contribution in [3.8, 4) is 0 Å². The van der Waals surface area contributed by atoms with Crippen molar-refractivity contribution >= 4 is 23.9 Å². The van der Waals surface area contributed by atoms with E-state index in [0.717, 1.165) is 0 Å². The average Bonchev–Trinajstić information content (AvgIpc) is 2.55. The van der Waals surface area contributed by atoms with Gasteiger partial charge in [-0.25, -0.2) is 4.79 Å². The van der Waals surface area contributed by atoms with E-state index in [1.54, 1.807) is 20.8 Å². The van der Waals surface area contributed by atoms with E-state index in [4.69, 9.17) is 0 Å². The molecule has 0 aromatic rings. The van der Waals surface area contributed by atoms with Crippen LogP contribution in [0.25, 0.3) is 0 Å². The van der Waals surface area contributed by atoms with Crippen LogP contribution in [0.3, 0.4) is 0 Å². The Bertz CT molecular complexity index is 410. The predicted octanol–water partition coefficient (Wildman–Crippen LogP) is 0.101. The summed E-state index contributed by atoms with van der Waals surface area (Å²) < 4.78 is 13.7. The highest BCUT2D eigenvalue weighted by atomic mass is 16.8. The second kappa shape index (κ2) is 5.68. The zero-order valence-corrected chi connectivity index (χ0v) is 10.8. The summed E-state index contributed by atoms with van der Waals surface area (Å²) in [4.78, 5) is 44.4. The largest absolute Gasteiger partial charge is 0.511 e. The van der Waals surface area contributed by atoms with Crippen LogP contribution >= 0.6 is 0 Å². The fraction of sp³-hybridized carbons (Fsp3) is 0.636. The normalized spacial score (nSPS) is 18.8. The minimum Gasteiger partial charge on any atom is -0.427 e. The first-order valence-electron chi connectivity index (χ1n) is 5.54. The summed E-state index contributed by atoms with van der Waals surface area (Å²) in [5.74, 6) is -1.77. The molecular weight excluding hydrogens is 258 g/mol. The Morgan fingerprint density at radius 3 is 2.37 bits per heavy atom. The molecule has 1 atom stereocenters. The lowest BCUT2D eigenvalue weighted by atomic mass is 9.98. The third-order valence-corrected chi connectivity index (χ3v) is 2.14. The average molecular weight is 273 g/mol. The van der Waals surface area contributed by atoms with E-state index in [0.29, 0.717) is 0 Å². The maximum atomic E-state index is 11.3. The first kappa shape index (κ1) is 14.9. The van der Waals surface area contributed by atoms with Gasteiger partial charge in [0.2, 0.25) is 12.7 Å². The Morgan fingerprint density at radius 1 is 1.26 bits per heavy atom. The van der Waals surface area contributed by atoms with Crippen molar-refractivity contribution in [1.82, 2.24) is 5.32 Å². The van der Waals surface area contributed by atoms with Crippen LogP contribution in [-0.4, -0.2) is 36.8 Å². The molecule has 1 aliphatic rings. The van der Waals surface area contributed by atoms with Crippen molar-refractivity contribution < 1.29 is 33.4 Å². The molecule has 1 N–H and O–H groups in total. The number of esters is 1. The summed E-state index contributed by atoms with van der Waals surface area (Å²) in [7, 11) is 0. The van der Waals surface area contributed by atoms with Gasteiger partial charge in [-0.15, -0.1) is 0 Å². The van der Waals surface area contributed by atoms with Crippen LogP contribution in [0.15, 0.2) is 0 Å². The van der Waals surface area contributed by atoms with Crippen molar-refractivity contribution in [2.45, 2.75) is 33.3 Å². The minimum absolute atomic E-state index is 0.240. The number of carbonyl (C=O) groups is 4. The molecule has 1 fully saturated rings. The van der Waals surface area contributed by atoms with E-state index in [-0.39, 0.29) is 6.42 Å². The smallest absolute Gasteiger partial charge is 0.427 e. The Labute approximate surface area is 109 Å². The van der Waals surface area contributed by atoms with Crippen LogP contribution in [0.5, 0.6) is 0 Å². The molecule has 1 rings (SSSR count). The molecule has 0 radical (unpaired) electrons. The quantitative estimate of drug-likeness (QED) is 0.441. The number of hydrogen-bond acceptors (Lipinski definition) is 7. The molecule has 2 amide bonds. The van der Waals surface area contributed by atoms with Gasteiger partial charge in [0.15, 0.2) is 6.10 Å². The van der Waals surface area contributed by atoms with E-state index < -0.39 is 42.3 Å². The van der Waals surface area contributed by atoms with Gasteiger partial charge in [-0.1, -0.05) is 0 Å². The zero-order valence-electron chi connectivity index (χ0n) is 10.8. The summed E-state index contributed by atoms with van der Waals surface area (Å²) in [5, 5.41) is 1.97. The van der Waals surface area contributed by atoms with Gasteiger partial charge < -0.3 is 14.2 Å². The van der Waals surface area contributed by atoms with Crippen LogP contribution < -0.4 is 5.32 Å². The molecule has 1 unspecified atom stereocenters. The fourth-order valence-corrected chi connectivity index (χ4v) is 1.12. The molecule has 106 valence electrons. The summed E-state index contributed by atoms with van der Waals surface area (Å²) >= 11 is 0. The van der Waals surface area contributed by atoms with Crippen LogP contribution in [0.2, 0.25) is 0 Å². The topological polar surface area (TPSA) is 108 Å². The molecule has 0 aromatic carbocycles. The Balaban J connectivity index is 2.27. The number of hydrogen-bond donors (Lipinski definition) is 1. The number of carbonyl (C=O) groups excluding carboxylic acids is 4. The minimum atomic E-state index is -1.20. The molecule has 0 aliphatic carbocycles. The van der Waals surface area contributed by atoms with Crippen LogP contribution in [-0.2, 0) is 28.6 Å². The molecule has 0 spiro atoms. The first-order valence-corrected chi connectivity index (χ1v) is 5.54. The fourth-order valence-electron chi connectivity index (χ4n) is 1.12. The van der Waals surface area contributed by atoms with E-state index in [9.17, 15) is 19.2 Å². The number of imide groups is 1. The third kappa shape index (κ3) is 4.57.